The fourth-order valence-electron chi connectivity index (χ4n) is 2.22. The Labute approximate surface area is 154 Å². The van der Waals surface area contributed by atoms with Crippen LogP contribution in [0.1, 0.15) is 5.56 Å². The van der Waals surface area contributed by atoms with Crippen LogP contribution in [0.5, 0.6) is 0 Å². The molecular weight excluding hydrogens is 358 g/mol. The molecule has 1 heterocycles. The van der Waals surface area contributed by atoms with Gasteiger partial charge in [-0.25, -0.2) is 4.68 Å². The predicted octanol–water partition coefficient (Wildman–Crippen LogP) is 5.00. The summed E-state index contributed by atoms with van der Waals surface area (Å²) in [6.45, 7) is 0. The van der Waals surface area contributed by atoms with Crippen LogP contribution >= 0.6 is 34.7 Å². The molecule has 3 nitrogen and oxygen atoms in total. The zero-order valence-electron chi connectivity index (χ0n) is 13.3. The Balaban J connectivity index is 2.00. The molecule has 0 amide bonds. The Morgan fingerprint density at radius 2 is 1.96 bits per heavy atom. The molecule has 0 saturated carbocycles. The van der Waals surface area contributed by atoms with Gasteiger partial charge in [0.15, 0.2) is 0 Å². The van der Waals surface area contributed by atoms with Gasteiger partial charge < -0.3 is 0 Å². The molecule has 0 N–H and O–H groups in total. The van der Waals surface area contributed by atoms with Crippen LogP contribution in [-0.4, -0.2) is 24.2 Å². The van der Waals surface area contributed by atoms with Gasteiger partial charge in [-0.1, -0.05) is 35.9 Å². The lowest BCUT2D eigenvalue weighted by Crippen LogP contribution is -2.11. The molecule has 0 fully saturated rings. The minimum absolute atomic E-state index is 0.705. The average Bonchev–Trinajstić information content (AvgIpc) is 3.03. The normalized spacial score (nSPS) is 12.2. The van der Waals surface area contributed by atoms with E-state index < -0.39 is 0 Å². The Kier molecular flexibility index (Phi) is 5.56. The van der Waals surface area contributed by atoms with Crippen molar-refractivity contribution in [1.82, 2.24) is 4.68 Å². The number of rotatable bonds is 4. The first-order valence-electron chi connectivity index (χ1n) is 7.29. The van der Waals surface area contributed by atoms with E-state index in [9.17, 15) is 0 Å². The summed E-state index contributed by atoms with van der Waals surface area (Å²) in [5.41, 5.74) is 3.04. The van der Waals surface area contributed by atoms with Crippen LogP contribution in [0.25, 0.3) is 11.3 Å². The highest BCUT2D eigenvalue weighted by molar-refractivity contribution is 7.98. The average molecular weight is 374 g/mol. The first-order valence-corrected chi connectivity index (χ1v) is 9.77. The van der Waals surface area contributed by atoms with Crippen molar-refractivity contribution in [1.29, 1.82) is 0 Å². The molecule has 0 unspecified atom stereocenters. The number of halogens is 1. The third kappa shape index (κ3) is 3.80. The summed E-state index contributed by atoms with van der Waals surface area (Å²) in [7, 11) is 1.77. The van der Waals surface area contributed by atoms with Crippen LogP contribution in [0.15, 0.2) is 68.9 Å². The summed E-state index contributed by atoms with van der Waals surface area (Å²) in [4.78, 5) is 6.38. The van der Waals surface area contributed by atoms with Crippen LogP contribution in [0, 0.1) is 0 Å². The van der Waals surface area contributed by atoms with Gasteiger partial charge in [-0.15, -0.1) is 23.1 Å². The number of thioether (sulfide) groups is 1. The van der Waals surface area contributed by atoms with Gasteiger partial charge in [-0.3, -0.25) is 4.99 Å². The van der Waals surface area contributed by atoms with E-state index in [0.29, 0.717) is 5.02 Å². The zero-order valence-corrected chi connectivity index (χ0v) is 15.7. The van der Waals surface area contributed by atoms with Crippen LogP contribution in [0.3, 0.4) is 0 Å². The minimum atomic E-state index is 0.705. The van der Waals surface area contributed by atoms with Crippen LogP contribution in [0.4, 0.5) is 0 Å². The summed E-state index contributed by atoms with van der Waals surface area (Å²) in [5, 5.41) is 7.38. The second-order valence-corrected chi connectivity index (χ2v) is 7.12. The maximum atomic E-state index is 6.12. The number of thiazole rings is 1. The van der Waals surface area contributed by atoms with Crippen molar-refractivity contribution in [3.8, 4) is 11.3 Å². The largest absolute Gasteiger partial charge is 0.261 e. The van der Waals surface area contributed by atoms with Crippen molar-refractivity contribution < 1.29 is 0 Å². The lowest BCUT2D eigenvalue weighted by Gasteiger charge is -2.04. The Hall–Kier alpha value is -1.82. The fourth-order valence-corrected chi connectivity index (χ4v) is 3.63. The Morgan fingerprint density at radius 3 is 2.62 bits per heavy atom. The van der Waals surface area contributed by atoms with Gasteiger partial charge in [0, 0.05) is 27.9 Å². The predicted molar refractivity (Wildman–Crippen MR) is 105 cm³/mol. The quantitative estimate of drug-likeness (QED) is 0.467. The lowest BCUT2D eigenvalue weighted by molar-refractivity contribution is 0.848. The topological polar surface area (TPSA) is 29.6 Å². The molecule has 0 spiro atoms. The molecule has 0 atom stereocenters. The standard InChI is InChI=1S/C18H16ClN3S2/c1-20-18-22(21-11-13-6-8-16(23-2)9-7-13)17(12-24-18)14-4-3-5-15(19)10-14/h3-12H,1-2H3. The van der Waals surface area contributed by atoms with Crippen LogP contribution < -0.4 is 4.80 Å². The molecule has 0 aliphatic rings. The van der Waals surface area contributed by atoms with Crippen LogP contribution in [0.2, 0.25) is 5.02 Å². The SMILES string of the molecule is CN=c1scc(-c2cccc(Cl)c2)n1N=Cc1ccc(SC)cc1. The summed E-state index contributed by atoms with van der Waals surface area (Å²) >= 11 is 9.40. The third-order valence-corrected chi connectivity index (χ3v) is 5.32. The van der Waals surface area contributed by atoms with Gasteiger partial charge in [0.25, 0.3) is 0 Å². The van der Waals surface area contributed by atoms with Gasteiger partial charge in [0.1, 0.15) is 0 Å². The number of hydrogen-bond donors (Lipinski definition) is 0. The van der Waals surface area contributed by atoms with E-state index in [1.165, 1.54) is 4.90 Å². The number of aromatic nitrogens is 1. The molecule has 0 aliphatic carbocycles. The van der Waals surface area contributed by atoms with Crippen molar-refractivity contribution in [3.63, 3.8) is 0 Å². The highest BCUT2D eigenvalue weighted by Gasteiger charge is 2.07. The van der Waals surface area contributed by atoms with Gasteiger partial charge in [-0.05, 0) is 36.1 Å². The molecular formula is C18H16ClN3S2. The molecule has 0 aliphatic heterocycles. The van der Waals surface area contributed by atoms with Crippen LogP contribution in [-0.2, 0) is 0 Å². The summed E-state index contributed by atoms with van der Waals surface area (Å²) in [5.74, 6) is 0. The monoisotopic (exact) mass is 373 g/mol. The molecule has 0 saturated heterocycles. The highest BCUT2D eigenvalue weighted by Crippen LogP contribution is 2.23. The number of benzene rings is 2. The van der Waals surface area contributed by atoms with Crippen molar-refractivity contribution in [2.75, 3.05) is 13.3 Å². The van der Waals surface area contributed by atoms with E-state index in [1.807, 2.05) is 40.5 Å². The van der Waals surface area contributed by atoms with Crippen molar-refractivity contribution in [2.45, 2.75) is 4.90 Å². The van der Waals surface area contributed by atoms with Crippen molar-refractivity contribution in [3.05, 3.63) is 69.3 Å². The lowest BCUT2D eigenvalue weighted by atomic mass is 10.2. The zero-order chi connectivity index (χ0) is 16.9. The van der Waals surface area contributed by atoms with Gasteiger partial charge in [0.05, 0.1) is 11.9 Å². The van der Waals surface area contributed by atoms with Crippen molar-refractivity contribution in [2.24, 2.45) is 10.1 Å². The second-order valence-electron chi connectivity index (χ2n) is 4.97. The molecule has 0 bridgehead atoms. The first kappa shape index (κ1) is 17.0. The van der Waals surface area contributed by atoms with E-state index in [2.05, 4.69) is 40.6 Å². The van der Waals surface area contributed by atoms with Gasteiger partial charge >= 0.3 is 0 Å². The van der Waals surface area contributed by atoms with E-state index in [-0.39, 0.29) is 0 Å². The molecule has 6 heteroatoms. The van der Waals surface area contributed by atoms with E-state index in [1.54, 1.807) is 30.1 Å². The molecule has 3 rings (SSSR count). The Bertz CT molecular complexity index is 924. The highest BCUT2D eigenvalue weighted by atomic mass is 35.5. The first-order chi connectivity index (χ1) is 11.7. The fraction of sp³-hybridized carbons (Fsp3) is 0.111. The van der Waals surface area contributed by atoms with Gasteiger partial charge in [0.2, 0.25) is 4.80 Å². The van der Waals surface area contributed by atoms with Gasteiger partial charge in [-0.2, -0.15) is 5.10 Å². The van der Waals surface area contributed by atoms with Crippen molar-refractivity contribution >= 4 is 40.9 Å². The number of nitrogens with zero attached hydrogens (tertiary/aromatic N) is 3. The van der Waals surface area contributed by atoms with E-state index >= 15 is 0 Å². The number of hydrogen-bond acceptors (Lipinski definition) is 4. The molecule has 122 valence electrons. The molecule has 24 heavy (non-hydrogen) atoms. The summed E-state index contributed by atoms with van der Waals surface area (Å²) in [6, 6.07) is 16.1. The summed E-state index contributed by atoms with van der Waals surface area (Å²) in [6.07, 6.45) is 3.91. The maximum Gasteiger partial charge on any atom is 0.205 e. The molecule has 2 aromatic carbocycles. The minimum Gasteiger partial charge on any atom is -0.261 e. The maximum absolute atomic E-state index is 6.12. The Morgan fingerprint density at radius 1 is 1.17 bits per heavy atom. The summed E-state index contributed by atoms with van der Waals surface area (Å²) < 4.78 is 1.85. The molecule has 1 aromatic heterocycles. The third-order valence-electron chi connectivity index (χ3n) is 3.44. The smallest absolute Gasteiger partial charge is 0.205 e. The van der Waals surface area contributed by atoms with E-state index in [0.717, 1.165) is 21.6 Å². The second kappa shape index (κ2) is 7.83. The molecule has 0 radical (unpaired) electrons. The van der Waals surface area contributed by atoms with E-state index in [4.69, 9.17) is 11.6 Å². The molecule has 3 aromatic rings.